The monoisotopic (exact) mass is 457 g/mol. The molecule has 4 aromatic rings. The molecule has 0 atom stereocenters. The second kappa shape index (κ2) is 8.29. The van der Waals surface area contributed by atoms with E-state index in [1.807, 2.05) is 49.5 Å². The molecule has 0 saturated carbocycles. The van der Waals surface area contributed by atoms with Gasteiger partial charge in [0.25, 0.3) is 11.8 Å². The van der Waals surface area contributed by atoms with Crippen molar-refractivity contribution in [2.24, 2.45) is 5.73 Å². The van der Waals surface area contributed by atoms with Crippen LogP contribution in [0.3, 0.4) is 0 Å². The number of carbonyl (C=O) groups excluding carboxylic acids is 2. The molecule has 33 heavy (non-hydrogen) atoms. The largest absolute Gasteiger partial charge is 0.379 e. The first-order valence-electron chi connectivity index (χ1n) is 10.7. The van der Waals surface area contributed by atoms with Crippen LogP contribution in [0.1, 0.15) is 23.1 Å². The number of amides is 2. The average molecular weight is 458 g/mol. The molecule has 0 spiro atoms. The highest BCUT2D eigenvalue weighted by Gasteiger charge is 2.35. The Morgan fingerprint density at radius 1 is 1.06 bits per heavy atom. The van der Waals surface area contributed by atoms with Crippen molar-refractivity contribution in [1.29, 1.82) is 5.41 Å². The van der Waals surface area contributed by atoms with Gasteiger partial charge in [-0.25, -0.2) is 0 Å². The summed E-state index contributed by atoms with van der Waals surface area (Å²) in [4.78, 5) is 29.2. The second-order valence-corrected chi connectivity index (χ2v) is 9.24. The van der Waals surface area contributed by atoms with E-state index in [1.165, 1.54) is 11.8 Å². The first-order valence-corrected chi connectivity index (χ1v) is 11.7. The molecule has 0 radical (unpaired) electrons. The van der Waals surface area contributed by atoms with E-state index in [0.29, 0.717) is 17.7 Å². The quantitative estimate of drug-likeness (QED) is 0.151. The van der Waals surface area contributed by atoms with E-state index in [1.54, 1.807) is 6.20 Å². The molecule has 5 rings (SSSR count). The Balaban J connectivity index is 1.67. The SMILES string of the molecule is Cc1ccc2c(C3=C(c4c[nH]c5ccccc45)C(=O)NC3=O)cn(CCCSC(=N)N)c2c1. The number of hydrogen-bond acceptors (Lipinski definition) is 4. The highest BCUT2D eigenvalue weighted by atomic mass is 32.2. The number of nitrogens with one attached hydrogen (secondary N) is 3. The molecule has 3 heterocycles. The van der Waals surface area contributed by atoms with Crippen molar-refractivity contribution in [2.75, 3.05) is 5.75 Å². The number of imide groups is 1. The standard InChI is InChI=1S/C25H23N5O2S/c1-14-7-8-16-18(13-30(20(16)11-14)9-4-10-33-25(26)27)22-21(23(31)29-24(22)32)17-12-28-19-6-3-2-5-15(17)19/h2-3,5-8,11-13,28H,4,9-10H2,1H3,(H3,26,27)(H,29,31,32). The van der Waals surface area contributed by atoms with Crippen LogP contribution in [0.25, 0.3) is 33.0 Å². The van der Waals surface area contributed by atoms with E-state index in [9.17, 15) is 9.59 Å². The zero-order chi connectivity index (χ0) is 23.1. The molecule has 1 aliphatic heterocycles. The van der Waals surface area contributed by atoms with Crippen molar-refractivity contribution < 1.29 is 9.59 Å². The summed E-state index contributed by atoms with van der Waals surface area (Å²) in [7, 11) is 0. The van der Waals surface area contributed by atoms with Gasteiger partial charge >= 0.3 is 0 Å². The van der Waals surface area contributed by atoms with Gasteiger partial charge in [-0.3, -0.25) is 20.3 Å². The van der Waals surface area contributed by atoms with Gasteiger partial charge in [-0.15, -0.1) is 0 Å². The molecule has 7 nitrogen and oxygen atoms in total. The van der Waals surface area contributed by atoms with Gasteiger partial charge in [0.05, 0.1) is 11.1 Å². The van der Waals surface area contributed by atoms with Gasteiger partial charge in [-0.2, -0.15) is 0 Å². The maximum absolute atomic E-state index is 13.0. The summed E-state index contributed by atoms with van der Waals surface area (Å²) in [6.45, 7) is 2.75. The molecule has 2 aromatic carbocycles. The third-order valence-corrected chi connectivity index (χ3v) is 6.70. The lowest BCUT2D eigenvalue weighted by Crippen LogP contribution is -2.22. The third kappa shape index (κ3) is 3.72. The normalized spacial score (nSPS) is 14.0. The molecule has 0 fully saturated rings. The van der Waals surface area contributed by atoms with E-state index in [2.05, 4.69) is 20.9 Å². The Bertz CT molecular complexity index is 1480. The molecule has 0 saturated heterocycles. The molecule has 5 N–H and O–H groups in total. The lowest BCUT2D eigenvalue weighted by Gasteiger charge is -2.05. The lowest BCUT2D eigenvalue weighted by molar-refractivity contribution is -0.122. The molecule has 8 heteroatoms. The van der Waals surface area contributed by atoms with E-state index >= 15 is 0 Å². The van der Waals surface area contributed by atoms with Crippen LogP contribution < -0.4 is 11.1 Å². The number of rotatable bonds is 6. The molecule has 2 amide bonds. The minimum atomic E-state index is -0.384. The van der Waals surface area contributed by atoms with Gasteiger partial charge in [0.2, 0.25) is 0 Å². The van der Waals surface area contributed by atoms with Crippen LogP contribution in [0.4, 0.5) is 0 Å². The molecular formula is C25H23N5O2S. The Hall–Kier alpha value is -3.78. The van der Waals surface area contributed by atoms with Crippen molar-refractivity contribution in [3.63, 3.8) is 0 Å². The van der Waals surface area contributed by atoms with Gasteiger partial charge in [0.15, 0.2) is 5.17 Å². The number of amidine groups is 1. The van der Waals surface area contributed by atoms with Crippen LogP contribution in [0.5, 0.6) is 0 Å². The molecule has 0 aliphatic carbocycles. The number of aromatic nitrogens is 2. The number of aromatic amines is 1. The maximum Gasteiger partial charge on any atom is 0.259 e. The fourth-order valence-corrected chi connectivity index (χ4v) is 4.94. The third-order valence-electron chi connectivity index (χ3n) is 5.90. The van der Waals surface area contributed by atoms with E-state index in [-0.39, 0.29) is 17.0 Å². The Kier molecular flexibility index (Phi) is 5.30. The van der Waals surface area contributed by atoms with Crippen LogP contribution in [-0.4, -0.2) is 32.3 Å². The molecule has 0 bridgehead atoms. The fourth-order valence-electron chi connectivity index (χ4n) is 4.45. The number of para-hydroxylation sites is 1. The topological polar surface area (TPSA) is 117 Å². The minimum Gasteiger partial charge on any atom is -0.379 e. The molecule has 2 aromatic heterocycles. The average Bonchev–Trinajstić information content (AvgIpc) is 3.44. The minimum absolute atomic E-state index is 0.110. The van der Waals surface area contributed by atoms with Gasteiger partial charge in [0.1, 0.15) is 0 Å². The lowest BCUT2D eigenvalue weighted by atomic mass is 9.95. The summed E-state index contributed by atoms with van der Waals surface area (Å²) in [5.74, 6) is -0.0315. The van der Waals surface area contributed by atoms with Crippen LogP contribution in [0.15, 0.2) is 54.9 Å². The zero-order valence-corrected chi connectivity index (χ0v) is 18.9. The van der Waals surface area contributed by atoms with Crippen LogP contribution in [0.2, 0.25) is 0 Å². The number of nitrogens with zero attached hydrogens (tertiary/aromatic N) is 1. The van der Waals surface area contributed by atoms with Gasteiger partial charge in [0, 0.05) is 57.6 Å². The van der Waals surface area contributed by atoms with E-state index in [0.717, 1.165) is 50.7 Å². The van der Waals surface area contributed by atoms with Gasteiger partial charge < -0.3 is 15.3 Å². The van der Waals surface area contributed by atoms with Crippen molar-refractivity contribution in [3.8, 4) is 0 Å². The summed E-state index contributed by atoms with van der Waals surface area (Å²) in [6, 6.07) is 13.9. The molecule has 0 unspecified atom stereocenters. The smallest absolute Gasteiger partial charge is 0.259 e. The Morgan fingerprint density at radius 3 is 2.61 bits per heavy atom. The highest BCUT2D eigenvalue weighted by Crippen LogP contribution is 2.38. The van der Waals surface area contributed by atoms with E-state index in [4.69, 9.17) is 11.1 Å². The van der Waals surface area contributed by atoms with Gasteiger partial charge in [-0.1, -0.05) is 42.1 Å². The Morgan fingerprint density at radius 2 is 1.82 bits per heavy atom. The number of thioether (sulfide) groups is 1. The maximum atomic E-state index is 13.0. The zero-order valence-electron chi connectivity index (χ0n) is 18.1. The number of benzene rings is 2. The summed E-state index contributed by atoms with van der Waals surface area (Å²) in [6.07, 6.45) is 4.58. The summed E-state index contributed by atoms with van der Waals surface area (Å²) >= 11 is 1.32. The Labute approximate surface area is 194 Å². The first kappa shape index (κ1) is 21.1. The van der Waals surface area contributed by atoms with Crippen LogP contribution in [0, 0.1) is 12.3 Å². The van der Waals surface area contributed by atoms with Crippen molar-refractivity contribution >= 4 is 61.7 Å². The summed E-state index contributed by atoms with van der Waals surface area (Å²) < 4.78 is 2.12. The number of fused-ring (bicyclic) bond motifs is 2. The molecular weight excluding hydrogens is 434 g/mol. The van der Waals surface area contributed by atoms with Crippen molar-refractivity contribution in [2.45, 2.75) is 19.9 Å². The van der Waals surface area contributed by atoms with Crippen LogP contribution in [-0.2, 0) is 16.1 Å². The van der Waals surface area contributed by atoms with Crippen LogP contribution >= 0.6 is 11.8 Å². The number of nitrogens with two attached hydrogens (primary N) is 1. The highest BCUT2D eigenvalue weighted by molar-refractivity contribution is 8.13. The predicted octanol–water partition coefficient (Wildman–Crippen LogP) is 4.01. The number of hydrogen-bond donors (Lipinski definition) is 4. The number of carbonyl (C=O) groups is 2. The van der Waals surface area contributed by atoms with Gasteiger partial charge in [-0.05, 0) is 31.0 Å². The number of H-pyrrole nitrogens is 1. The molecule has 1 aliphatic rings. The molecule has 166 valence electrons. The summed E-state index contributed by atoms with van der Waals surface area (Å²) in [5, 5.41) is 11.8. The van der Waals surface area contributed by atoms with Crippen molar-refractivity contribution in [1.82, 2.24) is 14.9 Å². The van der Waals surface area contributed by atoms with E-state index < -0.39 is 0 Å². The fraction of sp³-hybridized carbons (Fsp3) is 0.160. The first-order chi connectivity index (χ1) is 15.9. The predicted molar refractivity (Wildman–Crippen MR) is 134 cm³/mol. The van der Waals surface area contributed by atoms with Crippen molar-refractivity contribution in [3.05, 3.63) is 71.5 Å². The summed E-state index contributed by atoms with van der Waals surface area (Å²) in [5.41, 5.74) is 10.7. The number of aryl methyl sites for hydroxylation is 2. The second-order valence-electron chi connectivity index (χ2n) is 8.10.